The van der Waals surface area contributed by atoms with Crippen molar-refractivity contribution in [1.82, 2.24) is 0 Å². The van der Waals surface area contributed by atoms with Gasteiger partial charge in [-0.3, -0.25) is 14.4 Å². The molecule has 8 aliphatic rings. The molecule has 1 spiro atoms. The largest absolute Gasteiger partial charge is 1.00 e. The first-order valence-corrected chi connectivity index (χ1v) is 40.1. The predicted molar refractivity (Wildman–Crippen MR) is 437 cm³/mol. The van der Waals surface area contributed by atoms with Crippen LogP contribution in [0.2, 0.25) is 0 Å². The number of rotatable bonds is 20. The number of aryl methyl sites for hydroxylation is 1. The number of para-hydroxylation sites is 5. The van der Waals surface area contributed by atoms with Gasteiger partial charge in [0.15, 0.2) is 18.8 Å². The number of methoxy groups -OCH3 is 2. The summed E-state index contributed by atoms with van der Waals surface area (Å²) in [6, 6.07) is 74.3. The predicted octanol–water partition coefficient (Wildman–Crippen LogP) is 11.4. The molecule has 0 bridgehead atoms. The minimum atomic E-state index is -0.779. The van der Waals surface area contributed by atoms with Gasteiger partial charge in [0.2, 0.25) is 16.8 Å². The van der Waals surface area contributed by atoms with Crippen molar-refractivity contribution >= 4 is 127 Å². The van der Waals surface area contributed by atoms with E-state index in [4.69, 9.17) is 18.6 Å². The maximum atomic E-state index is 11.6. The average Bonchev–Trinajstić information content (AvgIpc) is 1.58. The van der Waals surface area contributed by atoms with Gasteiger partial charge in [0.05, 0.1) is 25.7 Å². The first kappa shape index (κ1) is 80.4. The van der Waals surface area contributed by atoms with Crippen LogP contribution < -0.4 is 105 Å². The SMILES string of the molecule is COc1ccc(N2c3ccc(/C=C/C4=[N+](CCC(=O)O)c5ccccc5C45CCCCC5)cc3C3CCCC32)cc1.COc1ccc(N2c3ccc(/C=C/c4sc5ccccc5[n+]4CCC(=O)O)cc3C3CCCC32)cc1.O=COC[n+]1c(/C=C/c2ccc3c(c2)C2CCCC2N3c2ccccc2)oc2ccccc21.[I-].[I-].[I-]. The lowest BCUT2D eigenvalue weighted by Crippen LogP contribution is -3.00. The number of halogens is 3. The van der Waals surface area contributed by atoms with Crippen LogP contribution >= 0.6 is 11.3 Å². The molecule has 19 heteroatoms. The number of thiazole rings is 1. The number of fused-ring (bicyclic) bond motifs is 13. The number of carboxylic acid groups (broad SMARTS) is 2. The van der Waals surface area contributed by atoms with Gasteiger partial charge in [0, 0.05) is 106 Å². The van der Waals surface area contributed by atoms with Gasteiger partial charge in [-0.2, -0.15) is 9.14 Å². The van der Waals surface area contributed by atoms with Crippen LogP contribution in [0.15, 0.2) is 217 Å². The van der Waals surface area contributed by atoms with Crippen molar-refractivity contribution in [2.75, 3.05) is 35.5 Å². The third-order valence-electron chi connectivity index (χ3n) is 24.4. The molecule has 4 fully saturated rings. The van der Waals surface area contributed by atoms with Crippen LogP contribution in [0.5, 0.6) is 11.5 Å². The molecule has 19 rings (SSSR count). The maximum absolute atomic E-state index is 11.6. The number of hydrogen-bond acceptors (Lipinski definition) is 11. The van der Waals surface area contributed by atoms with Gasteiger partial charge in [-0.25, -0.2) is 0 Å². The van der Waals surface area contributed by atoms with Crippen molar-refractivity contribution in [1.29, 1.82) is 0 Å². The highest BCUT2D eigenvalue weighted by molar-refractivity contribution is 7.18. The minimum absolute atomic E-state index is 0. The van der Waals surface area contributed by atoms with Gasteiger partial charge in [-0.1, -0.05) is 129 Å². The molecule has 6 heterocycles. The van der Waals surface area contributed by atoms with Crippen molar-refractivity contribution in [3.05, 3.63) is 262 Å². The third kappa shape index (κ3) is 16.0. The van der Waals surface area contributed by atoms with E-state index in [0.717, 1.165) is 51.5 Å². The van der Waals surface area contributed by atoms with E-state index in [-0.39, 0.29) is 96.9 Å². The molecule has 11 aromatic rings. The Morgan fingerprint density at radius 2 is 0.973 bits per heavy atom. The summed E-state index contributed by atoms with van der Waals surface area (Å²) >= 11 is 1.70. The molecular formula is C94H93I3N6O9S. The van der Waals surface area contributed by atoms with Gasteiger partial charge >= 0.3 is 17.8 Å². The Hall–Kier alpha value is -9.17. The number of ether oxygens (including phenoxy) is 3. The topological polar surface area (TPSA) is 153 Å². The van der Waals surface area contributed by atoms with Gasteiger partial charge < -0.3 is 115 Å². The van der Waals surface area contributed by atoms with Gasteiger partial charge in [0.25, 0.3) is 23.7 Å². The third-order valence-corrected chi connectivity index (χ3v) is 25.5. The average molecular weight is 1860 g/mol. The van der Waals surface area contributed by atoms with E-state index in [0.29, 0.717) is 61.3 Å². The van der Waals surface area contributed by atoms with E-state index in [9.17, 15) is 24.6 Å². The van der Waals surface area contributed by atoms with Crippen molar-refractivity contribution in [2.45, 2.75) is 157 Å². The second-order valence-corrected chi connectivity index (χ2v) is 31.4. The van der Waals surface area contributed by atoms with Crippen molar-refractivity contribution < 1.29 is 129 Å². The lowest BCUT2D eigenvalue weighted by atomic mass is 9.67. The number of allylic oxidation sites excluding steroid dienone is 1. The molecule has 6 atom stereocenters. The number of aliphatic carboxylic acids is 2. The smallest absolute Gasteiger partial charge is 0.377 e. The van der Waals surface area contributed by atoms with Crippen LogP contribution in [0.3, 0.4) is 0 Å². The van der Waals surface area contributed by atoms with E-state index in [1.54, 1.807) is 25.6 Å². The Kier molecular flexibility index (Phi) is 25.4. The van der Waals surface area contributed by atoms with Crippen LogP contribution in [0, 0.1) is 0 Å². The van der Waals surface area contributed by atoms with Gasteiger partial charge in [0.1, 0.15) is 29.0 Å². The van der Waals surface area contributed by atoms with E-state index >= 15 is 0 Å². The fourth-order valence-corrected chi connectivity index (χ4v) is 20.7. The zero-order chi connectivity index (χ0) is 74.8. The Morgan fingerprint density at radius 1 is 0.496 bits per heavy atom. The number of carbonyl (C=O) groups excluding carboxylic acids is 1. The Labute approximate surface area is 716 Å². The molecule has 0 amide bonds. The molecule has 4 saturated carbocycles. The molecule has 9 aromatic carbocycles. The second-order valence-electron chi connectivity index (χ2n) is 30.4. The molecule has 4 aliphatic carbocycles. The van der Waals surface area contributed by atoms with Crippen molar-refractivity contribution in [2.24, 2.45) is 0 Å². The zero-order valence-corrected chi connectivity index (χ0v) is 70.8. The first-order valence-electron chi connectivity index (χ1n) is 39.3. The summed E-state index contributed by atoms with van der Waals surface area (Å²) in [6.07, 6.45) is 30.2. The first-order chi connectivity index (χ1) is 54.0. The maximum Gasteiger partial charge on any atom is 0.377 e. The highest BCUT2D eigenvalue weighted by Gasteiger charge is 2.52. The van der Waals surface area contributed by atoms with Crippen molar-refractivity contribution in [3.8, 4) is 11.5 Å². The number of nitrogens with zero attached hydrogens (tertiary/aromatic N) is 6. The minimum Gasteiger partial charge on any atom is -1.00 e. The fourth-order valence-electron chi connectivity index (χ4n) is 19.6. The number of benzene rings is 9. The summed E-state index contributed by atoms with van der Waals surface area (Å²) in [4.78, 5) is 41.2. The standard InChI is InChI=1S/C36H38N2O3.C30H28N2O3S.C28H25N2O3.3HI/c1-41-27-16-14-26(15-17-27)38-31-11-7-8-28(31)29-24-25(12-18-32(29)38)13-19-34-36(21-5-2-6-22-36)30-9-3-4-10-33(30)37(34)23-20-35(39)40;1-35-22-13-11-21(12-14-22)32-25-7-4-5-23(25)24-19-20(9-15-26(24)32)10-16-29-31(18-17-30(33)34)27-6-2-3-8-28(27)36-29;31-19-32-18-29-26-10-4-5-12-27(26)33-28(29)16-14-20-13-15-25-23(17-20)22-9-6-11-24(22)30(25)21-7-2-1-3-8-21;;;/h3-4,9-10,12-19,24,28,31H,2,5-8,11,20-23H2,1H3;2-3,6,8-16,19,23,25H,4-5,7,17-18H2,1H3;1-5,7-8,10,12-17,19,22,24H,6,9,11,18H2;3*1H/q;;+1;;;/p-1. The Bertz CT molecular complexity index is 5400. The summed E-state index contributed by atoms with van der Waals surface area (Å²) in [5.74, 6) is 2.56. The number of oxazole rings is 1. The zero-order valence-electron chi connectivity index (χ0n) is 63.5. The lowest BCUT2D eigenvalue weighted by Gasteiger charge is -2.31. The summed E-state index contributed by atoms with van der Waals surface area (Å²) < 4.78 is 29.3. The number of carbonyl (C=O) groups is 3. The van der Waals surface area contributed by atoms with Crippen LogP contribution in [-0.4, -0.2) is 77.8 Å². The highest BCUT2D eigenvalue weighted by atomic mass is 127. The molecule has 15 nitrogen and oxygen atoms in total. The number of hydrogen-bond donors (Lipinski definition) is 2. The van der Waals surface area contributed by atoms with Gasteiger partial charge in [-0.15, -0.1) is 4.57 Å². The van der Waals surface area contributed by atoms with Gasteiger partial charge in [-0.05, 0) is 212 Å². The molecule has 2 aromatic heterocycles. The summed E-state index contributed by atoms with van der Waals surface area (Å²) in [5, 5.41) is 19.9. The normalized spacial score (nSPS) is 19.6. The summed E-state index contributed by atoms with van der Waals surface area (Å²) in [6.45, 7) is 1.53. The van der Waals surface area contributed by atoms with Crippen molar-refractivity contribution in [3.63, 3.8) is 0 Å². The van der Waals surface area contributed by atoms with Crippen LogP contribution in [0.25, 0.3) is 51.7 Å². The van der Waals surface area contributed by atoms with E-state index in [2.05, 4.69) is 212 Å². The van der Waals surface area contributed by atoms with Crippen LogP contribution in [0.4, 0.5) is 39.8 Å². The molecule has 4 aliphatic heterocycles. The van der Waals surface area contributed by atoms with E-state index in [1.807, 2.05) is 59.2 Å². The highest BCUT2D eigenvalue weighted by Crippen LogP contribution is 2.56. The Balaban J connectivity index is 0.000000139. The summed E-state index contributed by atoms with van der Waals surface area (Å²) in [5.41, 5.74) is 22.1. The molecule has 0 radical (unpaired) electrons. The number of anilines is 6. The second kappa shape index (κ2) is 35.7. The molecule has 2 N–H and O–H groups in total. The molecule has 0 saturated heterocycles. The Morgan fingerprint density at radius 3 is 1.51 bits per heavy atom. The van der Waals surface area contributed by atoms with Crippen LogP contribution in [-0.2, 0) is 37.8 Å². The number of aromatic nitrogens is 2. The summed E-state index contributed by atoms with van der Waals surface area (Å²) in [7, 11) is 3.42. The molecule has 113 heavy (non-hydrogen) atoms. The molecular weight excluding hydrogens is 1770 g/mol. The fraction of sp³-hybridized carbons (Fsp3) is 0.298. The van der Waals surface area contributed by atoms with E-state index < -0.39 is 11.9 Å². The lowest BCUT2D eigenvalue weighted by molar-refractivity contribution is -0.709. The number of carboxylic acids is 2. The van der Waals surface area contributed by atoms with E-state index in [1.165, 1.54) is 161 Å². The quantitative estimate of drug-likeness (QED) is 0.0424. The van der Waals surface area contributed by atoms with Crippen LogP contribution in [0.1, 0.15) is 170 Å². The molecule has 580 valence electrons. The monoisotopic (exact) mass is 1860 g/mol. The molecule has 6 unspecified atom stereocenters.